The molecule has 0 bridgehead atoms. The van der Waals surface area contributed by atoms with Crippen molar-refractivity contribution in [1.29, 1.82) is 0 Å². The first-order valence-corrected chi connectivity index (χ1v) is 6.11. The van der Waals surface area contributed by atoms with E-state index < -0.39 is 11.5 Å². The van der Waals surface area contributed by atoms with Crippen LogP contribution in [0.25, 0.3) is 0 Å². The molecule has 1 aliphatic rings. The number of carboxylic acid groups (broad SMARTS) is 1. The molecule has 1 N–H and O–H groups in total. The van der Waals surface area contributed by atoms with E-state index in [9.17, 15) is 9.90 Å². The first-order chi connectivity index (χ1) is 8.10. The lowest BCUT2D eigenvalue weighted by atomic mass is 9.93. The van der Waals surface area contributed by atoms with E-state index in [4.69, 9.17) is 4.42 Å². The summed E-state index contributed by atoms with van der Waals surface area (Å²) in [6.07, 6.45) is 3.98. The van der Waals surface area contributed by atoms with Crippen LogP contribution >= 0.6 is 0 Å². The van der Waals surface area contributed by atoms with Crippen molar-refractivity contribution < 1.29 is 14.3 Å². The van der Waals surface area contributed by atoms with Crippen LogP contribution in [0.2, 0.25) is 0 Å². The van der Waals surface area contributed by atoms with Crippen molar-refractivity contribution in [2.24, 2.45) is 0 Å². The van der Waals surface area contributed by atoms with Crippen LogP contribution in [0.5, 0.6) is 0 Å². The summed E-state index contributed by atoms with van der Waals surface area (Å²) in [6, 6.07) is 1.92. The highest BCUT2D eigenvalue weighted by Crippen LogP contribution is 2.34. The zero-order chi connectivity index (χ0) is 12.5. The minimum absolute atomic E-state index is 0.596. The van der Waals surface area contributed by atoms with Crippen LogP contribution < -0.4 is 0 Å². The summed E-state index contributed by atoms with van der Waals surface area (Å²) in [6.45, 7) is 5.37. The molecule has 1 fully saturated rings. The van der Waals surface area contributed by atoms with Crippen molar-refractivity contribution in [2.75, 3.05) is 6.54 Å². The Morgan fingerprint density at radius 1 is 1.65 bits per heavy atom. The fourth-order valence-corrected chi connectivity index (χ4v) is 2.70. The molecule has 1 aromatic rings. The third-order valence-corrected chi connectivity index (χ3v) is 3.91. The summed E-state index contributed by atoms with van der Waals surface area (Å²) in [5, 5.41) is 9.46. The summed E-state index contributed by atoms with van der Waals surface area (Å²) in [4.78, 5) is 13.5. The van der Waals surface area contributed by atoms with Crippen molar-refractivity contribution in [3.63, 3.8) is 0 Å². The molecule has 2 heterocycles. The average Bonchev–Trinajstić information content (AvgIpc) is 2.87. The van der Waals surface area contributed by atoms with E-state index in [1.165, 1.54) is 0 Å². The Hall–Kier alpha value is -1.29. The van der Waals surface area contributed by atoms with Gasteiger partial charge >= 0.3 is 5.97 Å². The van der Waals surface area contributed by atoms with Gasteiger partial charge in [-0.2, -0.15) is 0 Å². The van der Waals surface area contributed by atoms with Gasteiger partial charge in [-0.3, -0.25) is 9.69 Å². The Morgan fingerprint density at radius 2 is 2.41 bits per heavy atom. The predicted octanol–water partition coefficient (Wildman–Crippen LogP) is 2.42. The number of aliphatic carboxylic acids is 1. The SMILES string of the molecule is CCC1(C(=O)O)CCCN1Cc1occc1C. The Balaban J connectivity index is 2.20. The van der Waals surface area contributed by atoms with Gasteiger partial charge in [0.05, 0.1) is 12.8 Å². The number of rotatable bonds is 4. The third kappa shape index (κ3) is 1.97. The fourth-order valence-electron chi connectivity index (χ4n) is 2.70. The minimum atomic E-state index is -0.707. The van der Waals surface area contributed by atoms with Gasteiger partial charge in [-0.15, -0.1) is 0 Å². The van der Waals surface area contributed by atoms with Crippen LogP contribution in [0.15, 0.2) is 16.7 Å². The Morgan fingerprint density at radius 3 is 2.94 bits per heavy atom. The number of carbonyl (C=O) groups is 1. The zero-order valence-corrected chi connectivity index (χ0v) is 10.4. The Kier molecular flexibility index (Phi) is 3.24. The molecular weight excluding hydrogens is 218 g/mol. The highest BCUT2D eigenvalue weighted by Gasteiger charge is 2.46. The van der Waals surface area contributed by atoms with Crippen LogP contribution in [-0.4, -0.2) is 28.1 Å². The maximum absolute atomic E-state index is 11.5. The number of nitrogens with zero attached hydrogens (tertiary/aromatic N) is 1. The molecule has 1 unspecified atom stereocenters. The van der Waals surface area contributed by atoms with Crippen LogP contribution in [0.4, 0.5) is 0 Å². The van der Waals surface area contributed by atoms with E-state index >= 15 is 0 Å². The first-order valence-electron chi connectivity index (χ1n) is 6.11. The van der Waals surface area contributed by atoms with Gasteiger partial charge in [-0.25, -0.2) is 0 Å². The number of likely N-dealkylation sites (tertiary alicyclic amines) is 1. The summed E-state index contributed by atoms with van der Waals surface area (Å²) < 4.78 is 5.41. The van der Waals surface area contributed by atoms with Crippen molar-refractivity contribution in [3.8, 4) is 0 Å². The quantitative estimate of drug-likeness (QED) is 0.873. The van der Waals surface area contributed by atoms with Crippen molar-refractivity contribution in [3.05, 3.63) is 23.7 Å². The fraction of sp³-hybridized carbons (Fsp3) is 0.615. The minimum Gasteiger partial charge on any atom is -0.480 e. The van der Waals surface area contributed by atoms with Crippen LogP contribution in [-0.2, 0) is 11.3 Å². The van der Waals surface area contributed by atoms with Gasteiger partial charge in [0.15, 0.2) is 0 Å². The predicted molar refractivity (Wildman–Crippen MR) is 63.7 cm³/mol. The summed E-state index contributed by atoms with van der Waals surface area (Å²) in [7, 11) is 0. The molecule has 0 saturated carbocycles. The summed E-state index contributed by atoms with van der Waals surface area (Å²) in [5.41, 5.74) is 0.395. The monoisotopic (exact) mass is 237 g/mol. The van der Waals surface area contributed by atoms with Crippen molar-refractivity contribution in [1.82, 2.24) is 4.90 Å². The zero-order valence-electron chi connectivity index (χ0n) is 10.4. The molecule has 1 aromatic heterocycles. The second-order valence-corrected chi connectivity index (χ2v) is 4.74. The number of hydrogen-bond donors (Lipinski definition) is 1. The maximum Gasteiger partial charge on any atom is 0.324 e. The van der Waals surface area contributed by atoms with Gasteiger partial charge < -0.3 is 9.52 Å². The molecule has 4 nitrogen and oxygen atoms in total. The van der Waals surface area contributed by atoms with E-state index in [0.29, 0.717) is 13.0 Å². The van der Waals surface area contributed by atoms with Gasteiger partial charge in [0.2, 0.25) is 0 Å². The van der Waals surface area contributed by atoms with E-state index in [1.807, 2.05) is 24.8 Å². The summed E-state index contributed by atoms with van der Waals surface area (Å²) in [5.74, 6) is 0.174. The number of furan rings is 1. The average molecular weight is 237 g/mol. The van der Waals surface area contributed by atoms with Crippen molar-refractivity contribution in [2.45, 2.75) is 45.2 Å². The van der Waals surface area contributed by atoms with E-state index in [2.05, 4.69) is 0 Å². The standard InChI is InChI=1S/C13H19NO3/c1-3-13(12(15)16)6-4-7-14(13)9-11-10(2)5-8-17-11/h5,8H,3-4,6-7,9H2,1-2H3,(H,15,16). The molecule has 94 valence electrons. The normalized spacial score (nSPS) is 25.3. The molecule has 4 heteroatoms. The van der Waals surface area contributed by atoms with Gasteiger partial charge in [-0.05, 0) is 44.4 Å². The molecule has 1 aliphatic heterocycles. The lowest BCUT2D eigenvalue weighted by molar-refractivity contribution is -0.150. The molecule has 0 spiro atoms. The topological polar surface area (TPSA) is 53.7 Å². The van der Waals surface area contributed by atoms with E-state index in [0.717, 1.165) is 30.7 Å². The highest BCUT2D eigenvalue weighted by molar-refractivity contribution is 5.79. The van der Waals surface area contributed by atoms with E-state index in [-0.39, 0.29) is 0 Å². The molecular formula is C13H19NO3. The number of hydrogen-bond acceptors (Lipinski definition) is 3. The van der Waals surface area contributed by atoms with Gasteiger partial charge in [-0.1, -0.05) is 6.92 Å². The van der Waals surface area contributed by atoms with Crippen LogP contribution in [0, 0.1) is 6.92 Å². The summed E-state index contributed by atoms with van der Waals surface area (Å²) >= 11 is 0. The van der Waals surface area contributed by atoms with Gasteiger partial charge in [0.1, 0.15) is 11.3 Å². The Labute approximate surface area is 101 Å². The maximum atomic E-state index is 11.5. The molecule has 2 rings (SSSR count). The smallest absolute Gasteiger partial charge is 0.324 e. The molecule has 1 atom stereocenters. The largest absolute Gasteiger partial charge is 0.480 e. The molecule has 0 aliphatic carbocycles. The Bertz CT molecular complexity index is 413. The molecule has 0 aromatic carbocycles. The lowest BCUT2D eigenvalue weighted by Crippen LogP contribution is -2.49. The van der Waals surface area contributed by atoms with Gasteiger partial charge in [0, 0.05) is 0 Å². The highest BCUT2D eigenvalue weighted by atomic mass is 16.4. The number of carboxylic acids is 1. The first kappa shape index (κ1) is 12.2. The molecule has 1 saturated heterocycles. The lowest BCUT2D eigenvalue weighted by Gasteiger charge is -2.33. The van der Waals surface area contributed by atoms with Crippen LogP contribution in [0.1, 0.15) is 37.5 Å². The van der Waals surface area contributed by atoms with Crippen LogP contribution in [0.3, 0.4) is 0 Å². The third-order valence-electron chi connectivity index (χ3n) is 3.91. The molecule has 0 radical (unpaired) electrons. The van der Waals surface area contributed by atoms with Crippen molar-refractivity contribution >= 4 is 5.97 Å². The second kappa shape index (κ2) is 4.53. The second-order valence-electron chi connectivity index (χ2n) is 4.74. The van der Waals surface area contributed by atoms with Gasteiger partial charge in [0.25, 0.3) is 0 Å². The molecule has 0 amide bonds. The number of aryl methyl sites for hydroxylation is 1. The molecule has 17 heavy (non-hydrogen) atoms. The van der Waals surface area contributed by atoms with E-state index in [1.54, 1.807) is 6.26 Å².